The van der Waals surface area contributed by atoms with Gasteiger partial charge < -0.3 is 10.1 Å². The normalized spacial score (nSPS) is 13.0. The van der Waals surface area contributed by atoms with Gasteiger partial charge in [-0.1, -0.05) is 121 Å². The summed E-state index contributed by atoms with van der Waals surface area (Å²) in [5.41, 5.74) is 7.59. The minimum atomic E-state index is -0.853. The Morgan fingerprint density at radius 3 is 1.84 bits per heavy atom. The Morgan fingerprint density at radius 1 is 0.735 bits per heavy atom. The fourth-order valence-corrected chi connectivity index (χ4v) is 6.90. The summed E-state index contributed by atoms with van der Waals surface area (Å²) >= 11 is 0. The van der Waals surface area contributed by atoms with Crippen molar-refractivity contribution in [1.29, 1.82) is 0 Å². The van der Waals surface area contributed by atoms with Crippen molar-refractivity contribution in [3.8, 4) is 11.3 Å². The van der Waals surface area contributed by atoms with Crippen LogP contribution < -0.4 is 5.32 Å². The minimum absolute atomic E-state index is 0.322. The van der Waals surface area contributed by atoms with E-state index in [0.29, 0.717) is 23.4 Å². The molecule has 5 aromatic carbocycles. The number of hydrogen-bond acceptors (Lipinski definition) is 5. The molecule has 0 unspecified atom stereocenters. The van der Waals surface area contributed by atoms with Crippen LogP contribution in [0.15, 0.2) is 163 Å². The lowest BCUT2D eigenvalue weighted by Crippen LogP contribution is -2.38. The Kier molecular flexibility index (Phi) is 7.70. The number of aliphatic imine (C=N–C) groups is 1. The van der Waals surface area contributed by atoms with E-state index in [9.17, 15) is 9.59 Å². The van der Waals surface area contributed by atoms with Gasteiger partial charge in [-0.25, -0.2) is 9.67 Å². The summed E-state index contributed by atoms with van der Waals surface area (Å²) in [6.45, 7) is 0. The molecule has 7 nitrogen and oxygen atoms in total. The molecule has 1 aliphatic rings. The van der Waals surface area contributed by atoms with E-state index in [2.05, 4.69) is 93.8 Å². The topological polar surface area (TPSA) is 89.2 Å². The van der Waals surface area contributed by atoms with Gasteiger partial charge in [-0.05, 0) is 52.1 Å². The second-order valence-electron chi connectivity index (χ2n) is 12.0. The predicted octanol–water partition coefficient (Wildman–Crippen LogP) is 7.62. The molecule has 0 fully saturated rings. The highest BCUT2D eigenvalue weighted by Gasteiger charge is 2.41. The zero-order chi connectivity index (χ0) is 33.2. The summed E-state index contributed by atoms with van der Waals surface area (Å²) in [5.74, 6) is -0.371. The Bertz CT molecular complexity index is 2210. The molecule has 1 atom stereocenters. The first-order chi connectivity index (χ1) is 24.2. The molecule has 1 N–H and O–H groups in total. The molecule has 7 aromatic rings. The smallest absolute Gasteiger partial charge is 0.266 e. The average molecular weight is 638 g/mol. The number of rotatable bonds is 9. The molecule has 0 saturated heterocycles. The first kappa shape index (κ1) is 29.9. The zero-order valence-corrected chi connectivity index (χ0v) is 26.5. The van der Waals surface area contributed by atoms with Gasteiger partial charge in [0.05, 0.1) is 11.2 Å². The summed E-state index contributed by atoms with van der Waals surface area (Å²) in [7, 11) is 0. The van der Waals surface area contributed by atoms with Gasteiger partial charge in [0, 0.05) is 29.8 Å². The minimum Gasteiger partial charge on any atom is -0.337 e. The van der Waals surface area contributed by atoms with Crippen molar-refractivity contribution < 1.29 is 9.59 Å². The number of pyridine rings is 1. The second kappa shape index (κ2) is 12.6. The molecule has 0 saturated carbocycles. The fourth-order valence-electron chi connectivity index (χ4n) is 6.90. The van der Waals surface area contributed by atoms with E-state index in [1.165, 1.54) is 0 Å². The maximum absolute atomic E-state index is 13.5. The molecule has 2 aromatic heterocycles. The van der Waals surface area contributed by atoms with Crippen LogP contribution in [-0.2, 0) is 21.5 Å². The largest absolute Gasteiger partial charge is 0.337 e. The fraction of sp³-hybridized carbons (Fsp3) is 0.0714. The molecule has 49 heavy (non-hydrogen) atoms. The van der Waals surface area contributed by atoms with Crippen LogP contribution in [0.5, 0.6) is 0 Å². The molecule has 0 spiro atoms. The monoisotopic (exact) mass is 637 g/mol. The highest BCUT2D eigenvalue weighted by Crippen LogP contribution is 2.45. The number of nitrogens with one attached hydrogen (secondary N) is 1. The molecule has 0 bridgehead atoms. The lowest BCUT2D eigenvalue weighted by Gasteiger charge is -2.37. The molecule has 0 radical (unpaired) electrons. The number of carbonyl (C=O) groups excluding carboxylic acids is 2. The quantitative estimate of drug-likeness (QED) is 0.130. The summed E-state index contributed by atoms with van der Waals surface area (Å²) in [6, 6.07) is 47.8. The van der Waals surface area contributed by atoms with Gasteiger partial charge in [0.1, 0.15) is 29.3 Å². The van der Waals surface area contributed by atoms with Crippen LogP contribution in [0.4, 0.5) is 5.69 Å². The zero-order valence-electron chi connectivity index (χ0n) is 26.5. The number of fused-ring (bicyclic) bond motifs is 2. The first-order valence-electron chi connectivity index (χ1n) is 16.2. The van der Waals surface area contributed by atoms with E-state index in [-0.39, 0.29) is 5.91 Å². The SMILES string of the molecule is O=C[C@@H](NC(=O)C1=Nc2cc3c(-c4ccncc4)nn(C(c4ccccc4)(c4ccccc4)c4ccccc4)c3cc2C1)c1ccccc1. The van der Waals surface area contributed by atoms with E-state index >= 15 is 0 Å². The summed E-state index contributed by atoms with van der Waals surface area (Å²) in [4.78, 5) is 34.6. The number of aldehydes is 1. The van der Waals surface area contributed by atoms with Crippen LogP contribution in [0.25, 0.3) is 22.2 Å². The lowest BCUT2D eigenvalue weighted by atomic mass is 9.77. The van der Waals surface area contributed by atoms with Gasteiger partial charge >= 0.3 is 0 Å². The molecule has 8 rings (SSSR count). The second-order valence-corrected chi connectivity index (χ2v) is 12.0. The molecule has 0 aliphatic carbocycles. The first-order valence-corrected chi connectivity index (χ1v) is 16.2. The third-order valence-electron chi connectivity index (χ3n) is 9.18. The van der Waals surface area contributed by atoms with Gasteiger partial charge in [0.25, 0.3) is 5.91 Å². The molecular formula is C42H31N5O2. The van der Waals surface area contributed by atoms with E-state index < -0.39 is 11.6 Å². The van der Waals surface area contributed by atoms with E-state index in [1.54, 1.807) is 12.4 Å². The third kappa shape index (κ3) is 5.22. The van der Waals surface area contributed by atoms with Gasteiger partial charge in [-0.15, -0.1) is 0 Å². The van der Waals surface area contributed by atoms with Crippen molar-refractivity contribution in [3.05, 3.63) is 186 Å². The molecule has 3 heterocycles. The highest BCUT2D eigenvalue weighted by atomic mass is 16.2. The maximum Gasteiger partial charge on any atom is 0.266 e. The van der Waals surface area contributed by atoms with Crippen LogP contribution in [0, 0.1) is 0 Å². The Hall–Kier alpha value is -6.47. The van der Waals surface area contributed by atoms with Crippen LogP contribution in [0.1, 0.15) is 33.9 Å². The van der Waals surface area contributed by atoms with E-state index in [0.717, 1.165) is 50.7 Å². The van der Waals surface area contributed by atoms with Crippen LogP contribution in [0.3, 0.4) is 0 Å². The van der Waals surface area contributed by atoms with Crippen molar-refractivity contribution in [2.75, 3.05) is 0 Å². The van der Waals surface area contributed by atoms with Crippen molar-refractivity contribution in [3.63, 3.8) is 0 Å². The van der Waals surface area contributed by atoms with E-state index in [4.69, 9.17) is 10.1 Å². The molecule has 7 heteroatoms. The average Bonchev–Trinajstić information content (AvgIpc) is 3.77. The Morgan fingerprint density at radius 2 is 1.29 bits per heavy atom. The number of amides is 1. The van der Waals surface area contributed by atoms with Crippen LogP contribution in [-0.4, -0.2) is 32.7 Å². The lowest BCUT2D eigenvalue weighted by molar-refractivity contribution is -0.119. The number of hydrogen-bond donors (Lipinski definition) is 1. The number of nitrogens with zero attached hydrogens (tertiary/aromatic N) is 4. The molecule has 1 amide bonds. The summed E-state index contributed by atoms with van der Waals surface area (Å²) in [5, 5.41) is 9.23. The van der Waals surface area contributed by atoms with Crippen molar-refractivity contribution in [2.24, 2.45) is 4.99 Å². The van der Waals surface area contributed by atoms with Gasteiger partial charge in [-0.3, -0.25) is 9.78 Å². The van der Waals surface area contributed by atoms with Gasteiger partial charge in [-0.2, -0.15) is 5.10 Å². The molecule has 1 aliphatic heterocycles. The third-order valence-corrected chi connectivity index (χ3v) is 9.18. The summed E-state index contributed by atoms with van der Waals surface area (Å²) in [6.07, 6.45) is 4.60. The van der Waals surface area contributed by atoms with Crippen molar-refractivity contribution in [1.82, 2.24) is 20.1 Å². The van der Waals surface area contributed by atoms with Gasteiger partial charge in [0.15, 0.2) is 0 Å². The standard InChI is InChI=1S/C42H31N5O2/c48-28-38(29-13-5-1-6-14-29)45-41(49)37-25-31-26-39-35(27-36(31)44-37)40(30-21-23-43-24-22-30)46-47(39)42(32-15-7-2-8-16-32,33-17-9-3-10-18-33)34-19-11-4-12-20-34/h1-24,26-28,38H,25H2,(H,45,49)/t38-/m1/s1. The van der Waals surface area contributed by atoms with E-state index in [1.807, 2.05) is 66.7 Å². The maximum atomic E-state index is 13.5. The molecular weight excluding hydrogens is 606 g/mol. The number of carbonyl (C=O) groups is 2. The van der Waals surface area contributed by atoms with Gasteiger partial charge in [0.2, 0.25) is 0 Å². The predicted molar refractivity (Wildman–Crippen MR) is 192 cm³/mol. The van der Waals surface area contributed by atoms with Crippen molar-refractivity contribution in [2.45, 2.75) is 18.0 Å². The summed E-state index contributed by atoms with van der Waals surface area (Å²) < 4.78 is 2.13. The Labute approximate surface area is 283 Å². The van der Waals surface area contributed by atoms with Crippen LogP contribution >= 0.6 is 0 Å². The molecule has 236 valence electrons. The Balaban J connectivity index is 1.33. The van der Waals surface area contributed by atoms with Crippen molar-refractivity contribution >= 4 is 34.5 Å². The highest BCUT2D eigenvalue weighted by molar-refractivity contribution is 6.41. The number of aromatic nitrogens is 3. The number of benzene rings is 5. The van der Waals surface area contributed by atoms with Crippen LogP contribution in [0.2, 0.25) is 0 Å².